The van der Waals surface area contributed by atoms with Gasteiger partial charge in [0.15, 0.2) is 11.5 Å². The van der Waals surface area contributed by atoms with Gasteiger partial charge in [-0.1, -0.05) is 6.07 Å². The van der Waals surface area contributed by atoms with Crippen LogP contribution < -0.4 is 30.8 Å². The zero-order chi connectivity index (χ0) is 26.7. The molecule has 1 amide bonds. The summed E-state index contributed by atoms with van der Waals surface area (Å²) in [5.74, 6) is -0.641. The van der Waals surface area contributed by atoms with Crippen LogP contribution in [-0.2, 0) is 4.79 Å². The predicted octanol–water partition coefficient (Wildman–Crippen LogP) is 3.95. The van der Waals surface area contributed by atoms with Gasteiger partial charge in [0.25, 0.3) is 0 Å². The molecule has 10 nitrogen and oxygen atoms in total. The van der Waals surface area contributed by atoms with Crippen molar-refractivity contribution in [2.45, 2.75) is 19.3 Å². The first-order valence-electron chi connectivity index (χ1n) is 11.2. The largest absolute Gasteiger partial charge is 0.507 e. The number of carbonyl (C=O) groups excluding carboxylic acids is 1. The third-order valence-electron chi connectivity index (χ3n) is 5.84. The van der Waals surface area contributed by atoms with E-state index in [-0.39, 0.29) is 35.0 Å². The summed E-state index contributed by atoms with van der Waals surface area (Å²) in [7, 11) is 4.32. The lowest BCUT2D eigenvalue weighted by Crippen LogP contribution is -2.21. The molecule has 2 aromatic carbocycles. The SMILES string of the molecule is COc1ccc([C@H](CC(=O)Nc2ccc3oc(=O)ccc3c2)c2c(O)cc(C)oc2=O)c(OC)c1OC. The summed E-state index contributed by atoms with van der Waals surface area (Å²) in [6.07, 6.45) is -0.255. The van der Waals surface area contributed by atoms with Crippen molar-refractivity contribution in [3.05, 3.63) is 86.3 Å². The van der Waals surface area contributed by atoms with Crippen LogP contribution in [-0.4, -0.2) is 32.3 Å². The fraction of sp³-hybridized carbons (Fsp3) is 0.222. The van der Waals surface area contributed by atoms with Crippen LogP contribution in [0.3, 0.4) is 0 Å². The Labute approximate surface area is 211 Å². The van der Waals surface area contributed by atoms with E-state index in [9.17, 15) is 19.5 Å². The number of carbonyl (C=O) groups is 1. The molecular formula is C27H25NO9. The molecule has 0 unspecified atom stereocenters. The van der Waals surface area contributed by atoms with Crippen molar-refractivity contribution in [1.29, 1.82) is 0 Å². The normalized spacial score (nSPS) is 11.7. The highest BCUT2D eigenvalue weighted by Gasteiger charge is 2.30. The van der Waals surface area contributed by atoms with Crippen LogP contribution in [0.2, 0.25) is 0 Å². The Hall–Kier alpha value is -4.73. The average molecular weight is 507 g/mol. The van der Waals surface area contributed by atoms with E-state index in [1.165, 1.54) is 40.4 Å². The molecule has 10 heteroatoms. The highest BCUT2D eigenvalue weighted by atomic mass is 16.5. The Kier molecular flexibility index (Phi) is 7.19. The summed E-state index contributed by atoms with van der Waals surface area (Å²) in [4.78, 5) is 37.5. The van der Waals surface area contributed by atoms with E-state index in [2.05, 4.69) is 5.32 Å². The van der Waals surface area contributed by atoms with Gasteiger partial charge >= 0.3 is 11.3 Å². The van der Waals surface area contributed by atoms with Gasteiger partial charge in [-0.15, -0.1) is 0 Å². The first-order chi connectivity index (χ1) is 17.7. The lowest BCUT2D eigenvalue weighted by Gasteiger charge is -2.22. The molecule has 0 bridgehead atoms. The van der Waals surface area contributed by atoms with Crippen LogP contribution in [0.5, 0.6) is 23.0 Å². The van der Waals surface area contributed by atoms with Gasteiger partial charge in [0.05, 0.1) is 26.9 Å². The Morgan fingerprint density at radius 3 is 2.38 bits per heavy atom. The third-order valence-corrected chi connectivity index (χ3v) is 5.84. The van der Waals surface area contributed by atoms with Crippen LogP contribution in [0.15, 0.2) is 67.0 Å². The monoisotopic (exact) mass is 507 g/mol. The number of hydrogen-bond donors (Lipinski definition) is 2. The van der Waals surface area contributed by atoms with E-state index in [0.717, 1.165) is 0 Å². The van der Waals surface area contributed by atoms with E-state index < -0.39 is 23.1 Å². The molecule has 37 heavy (non-hydrogen) atoms. The summed E-state index contributed by atoms with van der Waals surface area (Å²) in [6.45, 7) is 1.53. The molecule has 192 valence electrons. The van der Waals surface area contributed by atoms with Crippen molar-refractivity contribution in [2.24, 2.45) is 0 Å². The maximum absolute atomic E-state index is 13.2. The molecule has 0 aliphatic carbocycles. The summed E-state index contributed by atoms with van der Waals surface area (Å²) in [5, 5.41) is 14.1. The second kappa shape index (κ2) is 10.5. The summed E-state index contributed by atoms with van der Waals surface area (Å²) >= 11 is 0. The van der Waals surface area contributed by atoms with E-state index in [1.807, 2.05) is 0 Å². The Balaban J connectivity index is 1.77. The number of nitrogens with one attached hydrogen (secondary N) is 1. The molecule has 2 aromatic heterocycles. The van der Waals surface area contributed by atoms with Crippen LogP contribution in [0.25, 0.3) is 11.0 Å². The van der Waals surface area contributed by atoms with Crippen molar-refractivity contribution in [1.82, 2.24) is 0 Å². The van der Waals surface area contributed by atoms with E-state index in [0.29, 0.717) is 28.0 Å². The Morgan fingerprint density at radius 1 is 0.946 bits per heavy atom. The molecule has 0 aliphatic heterocycles. The molecule has 1 atom stereocenters. The van der Waals surface area contributed by atoms with Crippen molar-refractivity contribution < 1.29 is 32.9 Å². The number of aryl methyl sites for hydroxylation is 1. The molecule has 0 saturated heterocycles. The zero-order valence-electron chi connectivity index (χ0n) is 20.6. The predicted molar refractivity (Wildman–Crippen MR) is 135 cm³/mol. The molecule has 0 saturated carbocycles. The summed E-state index contributed by atoms with van der Waals surface area (Å²) in [6, 6.07) is 12.2. The number of methoxy groups -OCH3 is 3. The van der Waals surface area contributed by atoms with Gasteiger partial charge < -0.3 is 33.5 Å². The molecule has 0 spiro atoms. The molecule has 2 heterocycles. The first kappa shape index (κ1) is 25.4. The molecule has 4 aromatic rings. The molecular weight excluding hydrogens is 482 g/mol. The lowest BCUT2D eigenvalue weighted by atomic mass is 9.87. The number of benzene rings is 2. The second-order valence-corrected chi connectivity index (χ2v) is 8.18. The molecule has 2 N–H and O–H groups in total. The smallest absolute Gasteiger partial charge is 0.343 e. The number of ether oxygens (including phenoxy) is 3. The number of hydrogen-bond acceptors (Lipinski definition) is 9. The minimum Gasteiger partial charge on any atom is -0.507 e. The maximum Gasteiger partial charge on any atom is 0.343 e. The fourth-order valence-electron chi connectivity index (χ4n) is 4.24. The lowest BCUT2D eigenvalue weighted by molar-refractivity contribution is -0.116. The highest BCUT2D eigenvalue weighted by Crippen LogP contribution is 2.46. The molecule has 0 aliphatic rings. The van der Waals surface area contributed by atoms with Gasteiger partial charge in [0, 0.05) is 41.1 Å². The minimum absolute atomic E-state index is 0.105. The van der Waals surface area contributed by atoms with Crippen LogP contribution >= 0.6 is 0 Å². The van der Waals surface area contributed by atoms with Gasteiger partial charge in [-0.2, -0.15) is 0 Å². The minimum atomic E-state index is -0.968. The fourth-order valence-corrected chi connectivity index (χ4v) is 4.24. The number of fused-ring (bicyclic) bond motifs is 1. The Morgan fingerprint density at radius 2 is 1.70 bits per heavy atom. The van der Waals surface area contributed by atoms with Crippen LogP contribution in [0, 0.1) is 6.92 Å². The average Bonchev–Trinajstić information content (AvgIpc) is 2.86. The molecule has 0 radical (unpaired) electrons. The topological polar surface area (TPSA) is 137 Å². The van der Waals surface area contributed by atoms with Gasteiger partial charge in [0.2, 0.25) is 11.7 Å². The third kappa shape index (κ3) is 5.13. The van der Waals surface area contributed by atoms with Crippen molar-refractivity contribution in [2.75, 3.05) is 26.6 Å². The van der Waals surface area contributed by atoms with Crippen LogP contribution in [0.1, 0.15) is 29.2 Å². The first-order valence-corrected chi connectivity index (χ1v) is 11.2. The molecule has 4 rings (SSSR count). The number of amides is 1. The van der Waals surface area contributed by atoms with Crippen molar-refractivity contribution >= 4 is 22.6 Å². The summed E-state index contributed by atoms with van der Waals surface area (Å²) < 4.78 is 26.8. The van der Waals surface area contributed by atoms with E-state index in [1.54, 1.807) is 36.4 Å². The maximum atomic E-state index is 13.2. The van der Waals surface area contributed by atoms with Crippen molar-refractivity contribution in [3.63, 3.8) is 0 Å². The molecule has 0 fully saturated rings. The van der Waals surface area contributed by atoms with E-state index >= 15 is 0 Å². The van der Waals surface area contributed by atoms with Gasteiger partial charge in [-0.05, 0) is 37.3 Å². The van der Waals surface area contributed by atoms with Gasteiger partial charge in [0.1, 0.15) is 17.1 Å². The number of rotatable bonds is 8. The van der Waals surface area contributed by atoms with Gasteiger partial charge in [-0.3, -0.25) is 4.79 Å². The van der Waals surface area contributed by atoms with Gasteiger partial charge in [-0.25, -0.2) is 9.59 Å². The van der Waals surface area contributed by atoms with Crippen LogP contribution in [0.4, 0.5) is 5.69 Å². The highest BCUT2D eigenvalue weighted by molar-refractivity contribution is 5.94. The summed E-state index contributed by atoms with van der Waals surface area (Å²) in [5.41, 5.74) is -0.139. The Bertz CT molecular complexity index is 1590. The van der Waals surface area contributed by atoms with Crippen molar-refractivity contribution in [3.8, 4) is 23.0 Å². The standard InChI is InChI=1S/C27H25NO9/c1-14-11-19(29)24(27(32)36-14)18(17-7-9-21(33-2)26(35-4)25(17)34-3)13-22(30)28-16-6-8-20-15(12-16)5-10-23(31)37-20/h5-12,18,29H,13H2,1-4H3,(H,28,30)/t18-/m0/s1. The second-order valence-electron chi connectivity index (χ2n) is 8.18. The quantitative estimate of drug-likeness (QED) is 0.340. The zero-order valence-corrected chi connectivity index (χ0v) is 20.6. The van der Waals surface area contributed by atoms with E-state index in [4.69, 9.17) is 23.0 Å². The number of anilines is 1. The number of aromatic hydroxyl groups is 1.